The topological polar surface area (TPSA) is 101 Å². The Morgan fingerprint density at radius 3 is 2.21 bits per heavy atom. The summed E-state index contributed by atoms with van der Waals surface area (Å²) in [6.07, 6.45) is 0. The molecule has 0 radical (unpaired) electrons. The second-order valence-corrected chi connectivity index (χ2v) is 11.5. The van der Waals surface area contributed by atoms with Crippen LogP contribution in [0.15, 0.2) is 53.1 Å². The molecule has 0 saturated heterocycles. The van der Waals surface area contributed by atoms with E-state index in [9.17, 15) is 9.59 Å². The molecule has 7 nitrogen and oxygen atoms in total. The van der Waals surface area contributed by atoms with Crippen molar-refractivity contribution in [2.24, 2.45) is 17.6 Å². The van der Waals surface area contributed by atoms with E-state index in [2.05, 4.69) is 10.5 Å². The van der Waals surface area contributed by atoms with Crippen LogP contribution in [-0.4, -0.2) is 40.4 Å². The molecule has 1 aromatic heterocycles. The molecule has 0 aliphatic carbocycles. The number of halogens is 4. The van der Waals surface area contributed by atoms with Gasteiger partial charge in [-0.1, -0.05) is 97.5 Å². The van der Waals surface area contributed by atoms with Gasteiger partial charge in [0.15, 0.2) is 10.6 Å². The quantitative estimate of drug-likeness (QED) is 0.256. The first-order chi connectivity index (χ1) is 17.9. The van der Waals surface area contributed by atoms with Gasteiger partial charge >= 0.3 is 0 Å². The van der Waals surface area contributed by atoms with E-state index in [0.29, 0.717) is 38.3 Å². The van der Waals surface area contributed by atoms with Crippen molar-refractivity contribution in [3.05, 3.63) is 58.6 Å². The number of aromatic nitrogens is 1. The fourth-order valence-electron chi connectivity index (χ4n) is 3.74. The Morgan fingerprint density at radius 1 is 1.00 bits per heavy atom. The predicted molar refractivity (Wildman–Crippen MR) is 155 cm³/mol. The lowest BCUT2D eigenvalue weighted by Gasteiger charge is -2.32. The lowest BCUT2D eigenvalue weighted by Crippen LogP contribution is -2.54. The molecule has 2 atom stereocenters. The van der Waals surface area contributed by atoms with Gasteiger partial charge in [0.25, 0.3) is 5.91 Å². The average molecular weight is 600 g/mol. The van der Waals surface area contributed by atoms with E-state index in [4.69, 9.17) is 56.7 Å². The number of nitrogens with zero attached hydrogens (tertiary/aromatic N) is 2. The van der Waals surface area contributed by atoms with Crippen molar-refractivity contribution in [1.82, 2.24) is 10.5 Å². The lowest BCUT2D eigenvalue weighted by atomic mass is 10.00. The summed E-state index contributed by atoms with van der Waals surface area (Å²) in [7, 11) is 0. The predicted octanol–water partition coefficient (Wildman–Crippen LogP) is 6.58. The molecule has 2 amide bonds. The highest BCUT2D eigenvalue weighted by Gasteiger charge is 2.29. The van der Waals surface area contributed by atoms with E-state index >= 15 is 0 Å². The maximum atomic E-state index is 13.1. The third-order valence-corrected chi connectivity index (χ3v) is 7.16. The first-order valence-corrected chi connectivity index (χ1v) is 13.7. The molecule has 0 aliphatic heterocycles. The fourth-order valence-corrected chi connectivity index (χ4v) is 4.57. The lowest BCUT2D eigenvalue weighted by molar-refractivity contribution is -0.124. The van der Waals surface area contributed by atoms with Crippen LogP contribution in [0.5, 0.6) is 0 Å². The Balaban J connectivity index is 1.94. The number of benzene rings is 2. The number of alkyl halides is 2. The third kappa shape index (κ3) is 7.21. The first kappa shape index (κ1) is 30.3. The van der Waals surface area contributed by atoms with Gasteiger partial charge in [0.1, 0.15) is 5.69 Å². The van der Waals surface area contributed by atoms with Crippen LogP contribution in [0, 0.1) is 11.8 Å². The van der Waals surface area contributed by atoms with Crippen LogP contribution in [0.3, 0.4) is 0 Å². The molecule has 3 N–H and O–H groups in total. The van der Waals surface area contributed by atoms with Crippen LogP contribution in [0.4, 0.5) is 5.69 Å². The van der Waals surface area contributed by atoms with Gasteiger partial charge in [-0.2, -0.15) is 0 Å². The molecule has 38 heavy (non-hydrogen) atoms. The SMILES string of the molecule is CC(C)[C@H](N)C(=O)N[C@H](CN(C(=O)C(Cl)Cl)c1cccc(-c2cc(-c3c(Cl)cccc3Cl)no2)c1)C(C)C. The highest BCUT2D eigenvalue weighted by molar-refractivity contribution is 6.54. The number of carbonyl (C=O) groups is 2. The molecule has 2 aromatic carbocycles. The summed E-state index contributed by atoms with van der Waals surface area (Å²) in [4.78, 5) is 25.9. The largest absolute Gasteiger partial charge is 0.356 e. The molecule has 3 rings (SSSR count). The number of amides is 2. The maximum absolute atomic E-state index is 13.1. The van der Waals surface area contributed by atoms with Crippen molar-refractivity contribution in [2.45, 2.75) is 44.6 Å². The van der Waals surface area contributed by atoms with Crippen molar-refractivity contribution >= 4 is 63.9 Å². The zero-order chi connectivity index (χ0) is 28.1. The molecular weight excluding hydrogens is 570 g/mol. The van der Waals surface area contributed by atoms with Crippen molar-refractivity contribution in [2.75, 3.05) is 11.4 Å². The number of hydrogen-bond donors (Lipinski definition) is 2. The van der Waals surface area contributed by atoms with Crippen LogP contribution < -0.4 is 16.0 Å². The number of anilines is 1. The van der Waals surface area contributed by atoms with Gasteiger partial charge in [-0.15, -0.1) is 0 Å². The van der Waals surface area contributed by atoms with Crippen molar-refractivity contribution < 1.29 is 14.1 Å². The number of carbonyl (C=O) groups excluding carboxylic acids is 2. The van der Waals surface area contributed by atoms with Crippen LogP contribution in [0.2, 0.25) is 10.0 Å². The van der Waals surface area contributed by atoms with Gasteiger partial charge in [-0.05, 0) is 36.1 Å². The summed E-state index contributed by atoms with van der Waals surface area (Å²) in [5.74, 6) is -0.437. The molecule has 3 aromatic rings. The number of rotatable bonds is 10. The molecule has 0 spiro atoms. The van der Waals surface area contributed by atoms with Crippen LogP contribution in [0.1, 0.15) is 27.7 Å². The molecule has 0 saturated carbocycles. The van der Waals surface area contributed by atoms with Gasteiger partial charge in [-0.3, -0.25) is 9.59 Å². The van der Waals surface area contributed by atoms with Crippen LogP contribution >= 0.6 is 46.4 Å². The number of nitrogens with two attached hydrogens (primary N) is 1. The normalized spacial score (nSPS) is 13.2. The monoisotopic (exact) mass is 598 g/mol. The fraction of sp³-hybridized carbons (Fsp3) is 0.370. The smallest absolute Gasteiger partial charge is 0.260 e. The molecule has 0 fully saturated rings. The molecular formula is C27H30Cl4N4O3. The van der Waals surface area contributed by atoms with Gasteiger partial charge in [0.05, 0.1) is 16.1 Å². The molecule has 1 heterocycles. The van der Waals surface area contributed by atoms with E-state index in [0.717, 1.165) is 0 Å². The maximum Gasteiger partial charge on any atom is 0.260 e. The standard InChI is InChI=1S/C27H30Cl4N4O3/c1-14(2)21(33-26(36)24(32)15(3)4)13-35(27(37)25(30)31)17-8-5-7-16(11-17)22-12-20(34-38-22)23-18(28)9-6-10-19(23)29/h5-12,14-15,21,24-25H,13,32H2,1-4H3,(H,33,36)/t21-,24+/m1/s1. The van der Waals surface area contributed by atoms with E-state index in [-0.39, 0.29) is 24.3 Å². The summed E-state index contributed by atoms with van der Waals surface area (Å²) in [5.41, 5.74) is 8.23. The summed E-state index contributed by atoms with van der Waals surface area (Å²) in [5, 5.41) is 7.99. The second kappa shape index (κ2) is 13.2. The highest BCUT2D eigenvalue weighted by Crippen LogP contribution is 2.36. The average Bonchev–Trinajstić information content (AvgIpc) is 3.35. The first-order valence-electron chi connectivity index (χ1n) is 12.1. The molecule has 0 unspecified atom stereocenters. The molecule has 0 aliphatic rings. The Labute approximate surface area is 242 Å². The Hall–Kier alpha value is -2.29. The minimum absolute atomic E-state index is 0.0157. The molecule has 0 bridgehead atoms. The van der Waals surface area contributed by atoms with Crippen molar-refractivity contribution in [1.29, 1.82) is 0 Å². The zero-order valence-corrected chi connectivity index (χ0v) is 24.4. The van der Waals surface area contributed by atoms with Crippen molar-refractivity contribution in [3.63, 3.8) is 0 Å². The van der Waals surface area contributed by atoms with Gasteiger partial charge in [0, 0.05) is 35.5 Å². The van der Waals surface area contributed by atoms with Gasteiger partial charge in [0.2, 0.25) is 5.91 Å². The van der Waals surface area contributed by atoms with E-state index in [1.165, 1.54) is 4.90 Å². The van der Waals surface area contributed by atoms with E-state index in [1.54, 1.807) is 42.5 Å². The summed E-state index contributed by atoms with van der Waals surface area (Å²) in [6.45, 7) is 7.76. The van der Waals surface area contributed by atoms with Gasteiger partial charge in [-0.25, -0.2) is 0 Å². The van der Waals surface area contributed by atoms with Crippen LogP contribution in [0.25, 0.3) is 22.6 Å². The van der Waals surface area contributed by atoms with Gasteiger partial charge < -0.3 is 20.5 Å². The van der Waals surface area contributed by atoms with Crippen molar-refractivity contribution in [3.8, 4) is 22.6 Å². The summed E-state index contributed by atoms with van der Waals surface area (Å²) in [6, 6.07) is 12.9. The summed E-state index contributed by atoms with van der Waals surface area (Å²) < 4.78 is 5.58. The second-order valence-electron chi connectivity index (χ2n) is 9.60. The zero-order valence-electron chi connectivity index (χ0n) is 21.4. The molecule has 11 heteroatoms. The Morgan fingerprint density at radius 2 is 1.63 bits per heavy atom. The van der Waals surface area contributed by atoms with E-state index in [1.807, 2.05) is 33.8 Å². The Kier molecular flexibility index (Phi) is 10.5. The number of nitrogens with one attached hydrogen (secondary N) is 1. The number of hydrogen-bond acceptors (Lipinski definition) is 5. The van der Waals surface area contributed by atoms with Crippen LogP contribution in [-0.2, 0) is 9.59 Å². The summed E-state index contributed by atoms with van der Waals surface area (Å²) >= 11 is 24.7. The molecule has 204 valence electrons. The minimum atomic E-state index is -1.31. The highest BCUT2D eigenvalue weighted by atomic mass is 35.5. The third-order valence-electron chi connectivity index (χ3n) is 6.16. The Bertz CT molecular complexity index is 1260. The van der Waals surface area contributed by atoms with E-state index < -0.39 is 22.8 Å². The minimum Gasteiger partial charge on any atom is -0.356 e.